The molecule has 2 rings (SSSR count). The first kappa shape index (κ1) is 14.8. The SMILES string of the molecule is CCOC(=O)c1cnc2cc(C(=O)OC)ccc2c1NC. The Kier molecular flexibility index (Phi) is 4.37. The number of aromatic nitrogens is 1. The molecule has 2 aromatic rings. The summed E-state index contributed by atoms with van der Waals surface area (Å²) < 4.78 is 9.68. The van der Waals surface area contributed by atoms with Crippen molar-refractivity contribution >= 4 is 28.5 Å². The van der Waals surface area contributed by atoms with Crippen LogP contribution in [0, 0.1) is 0 Å². The van der Waals surface area contributed by atoms with Crippen LogP contribution in [0.4, 0.5) is 5.69 Å². The number of hydrogen-bond acceptors (Lipinski definition) is 6. The van der Waals surface area contributed by atoms with Gasteiger partial charge in [-0.05, 0) is 25.1 Å². The van der Waals surface area contributed by atoms with Crippen LogP contribution in [0.25, 0.3) is 10.9 Å². The van der Waals surface area contributed by atoms with Crippen molar-refractivity contribution in [2.45, 2.75) is 6.92 Å². The van der Waals surface area contributed by atoms with Crippen molar-refractivity contribution in [2.24, 2.45) is 0 Å². The molecular weight excluding hydrogens is 272 g/mol. The number of carbonyl (C=O) groups is 2. The molecule has 0 bridgehead atoms. The van der Waals surface area contributed by atoms with E-state index in [2.05, 4.69) is 15.0 Å². The summed E-state index contributed by atoms with van der Waals surface area (Å²) in [5.41, 5.74) is 1.98. The number of nitrogens with zero attached hydrogens (tertiary/aromatic N) is 1. The molecule has 0 amide bonds. The molecule has 1 aromatic carbocycles. The predicted molar refractivity (Wildman–Crippen MR) is 78.6 cm³/mol. The van der Waals surface area contributed by atoms with E-state index in [1.165, 1.54) is 13.3 Å². The highest BCUT2D eigenvalue weighted by Crippen LogP contribution is 2.27. The number of benzene rings is 1. The van der Waals surface area contributed by atoms with Crippen LogP contribution in [-0.2, 0) is 9.47 Å². The van der Waals surface area contributed by atoms with Gasteiger partial charge in [0.25, 0.3) is 0 Å². The second-order valence-corrected chi connectivity index (χ2v) is 4.24. The van der Waals surface area contributed by atoms with Crippen LogP contribution in [0.15, 0.2) is 24.4 Å². The summed E-state index contributed by atoms with van der Waals surface area (Å²) in [6, 6.07) is 4.98. The van der Waals surface area contributed by atoms with E-state index in [1.54, 1.807) is 32.2 Å². The molecule has 1 aromatic heterocycles. The topological polar surface area (TPSA) is 77.5 Å². The zero-order chi connectivity index (χ0) is 15.4. The van der Waals surface area contributed by atoms with E-state index >= 15 is 0 Å². The minimum Gasteiger partial charge on any atom is -0.465 e. The van der Waals surface area contributed by atoms with Gasteiger partial charge in [-0.1, -0.05) is 0 Å². The summed E-state index contributed by atoms with van der Waals surface area (Å²) in [7, 11) is 3.04. The molecule has 0 aliphatic heterocycles. The number of pyridine rings is 1. The second kappa shape index (κ2) is 6.21. The Bertz CT molecular complexity index is 697. The normalized spacial score (nSPS) is 10.2. The fraction of sp³-hybridized carbons (Fsp3) is 0.267. The minimum atomic E-state index is -0.437. The standard InChI is InChI=1S/C15H16N2O4/c1-4-21-15(19)11-8-17-12-7-9(14(18)20-3)5-6-10(12)13(11)16-2/h5-8H,4H2,1-3H3,(H,16,17). The zero-order valence-corrected chi connectivity index (χ0v) is 12.1. The van der Waals surface area contributed by atoms with E-state index in [0.29, 0.717) is 28.9 Å². The molecule has 0 saturated heterocycles. The van der Waals surface area contributed by atoms with Crippen LogP contribution in [-0.4, -0.2) is 37.7 Å². The molecule has 6 heteroatoms. The molecule has 6 nitrogen and oxygen atoms in total. The van der Waals surface area contributed by atoms with Crippen LogP contribution >= 0.6 is 0 Å². The van der Waals surface area contributed by atoms with Crippen LogP contribution in [0.1, 0.15) is 27.6 Å². The molecule has 1 heterocycles. The van der Waals surface area contributed by atoms with Gasteiger partial charge in [0, 0.05) is 18.6 Å². The molecule has 21 heavy (non-hydrogen) atoms. The molecule has 0 radical (unpaired) electrons. The molecular formula is C15H16N2O4. The Labute approximate surface area is 122 Å². The van der Waals surface area contributed by atoms with Gasteiger partial charge in [-0.25, -0.2) is 9.59 Å². The lowest BCUT2D eigenvalue weighted by Gasteiger charge is -2.11. The molecule has 0 unspecified atom stereocenters. The van der Waals surface area contributed by atoms with Gasteiger partial charge in [0.1, 0.15) is 5.56 Å². The number of hydrogen-bond donors (Lipinski definition) is 1. The first-order valence-corrected chi connectivity index (χ1v) is 6.48. The second-order valence-electron chi connectivity index (χ2n) is 4.24. The molecule has 1 N–H and O–H groups in total. The maximum Gasteiger partial charge on any atom is 0.341 e. The number of carbonyl (C=O) groups excluding carboxylic acids is 2. The van der Waals surface area contributed by atoms with Crippen LogP contribution in [0.3, 0.4) is 0 Å². The summed E-state index contributed by atoms with van der Waals surface area (Å²) in [6.45, 7) is 2.04. The van der Waals surface area contributed by atoms with E-state index in [4.69, 9.17) is 4.74 Å². The molecule has 0 aliphatic carbocycles. The number of anilines is 1. The van der Waals surface area contributed by atoms with E-state index in [-0.39, 0.29) is 0 Å². The van der Waals surface area contributed by atoms with E-state index in [0.717, 1.165) is 5.39 Å². The number of methoxy groups -OCH3 is 1. The number of nitrogens with one attached hydrogen (secondary N) is 1. The van der Waals surface area contributed by atoms with Crippen molar-refractivity contribution < 1.29 is 19.1 Å². The quantitative estimate of drug-likeness (QED) is 0.869. The van der Waals surface area contributed by atoms with Crippen LogP contribution in [0.2, 0.25) is 0 Å². The maximum atomic E-state index is 11.9. The van der Waals surface area contributed by atoms with Crippen molar-refractivity contribution in [1.82, 2.24) is 4.98 Å². The first-order chi connectivity index (χ1) is 10.1. The smallest absolute Gasteiger partial charge is 0.341 e. The third-order valence-corrected chi connectivity index (χ3v) is 3.04. The number of fused-ring (bicyclic) bond motifs is 1. The van der Waals surface area contributed by atoms with Crippen molar-refractivity contribution in [3.8, 4) is 0 Å². The van der Waals surface area contributed by atoms with Gasteiger partial charge in [0.2, 0.25) is 0 Å². The fourth-order valence-corrected chi connectivity index (χ4v) is 2.07. The van der Waals surface area contributed by atoms with Gasteiger partial charge in [-0.3, -0.25) is 4.98 Å². The lowest BCUT2D eigenvalue weighted by molar-refractivity contribution is 0.0526. The van der Waals surface area contributed by atoms with Crippen molar-refractivity contribution in [1.29, 1.82) is 0 Å². The van der Waals surface area contributed by atoms with Crippen molar-refractivity contribution in [2.75, 3.05) is 26.1 Å². The number of esters is 2. The molecule has 0 aliphatic rings. The molecule has 0 fully saturated rings. The lowest BCUT2D eigenvalue weighted by atomic mass is 10.1. The molecule has 0 spiro atoms. The maximum absolute atomic E-state index is 11.9. The Morgan fingerprint density at radius 3 is 2.67 bits per heavy atom. The first-order valence-electron chi connectivity index (χ1n) is 6.48. The van der Waals surface area contributed by atoms with E-state index < -0.39 is 11.9 Å². The van der Waals surface area contributed by atoms with Gasteiger partial charge in [0.15, 0.2) is 0 Å². The molecule has 110 valence electrons. The average molecular weight is 288 g/mol. The van der Waals surface area contributed by atoms with Gasteiger partial charge in [-0.15, -0.1) is 0 Å². The summed E-state index contributed by atoms with van der Waals surface area (Å²) in [4.78, 5) is 27.7. The van der Waals surface area contributed by atoms with Gasteiger partial charge in [0.05, 0.1) is 30.5 Å². The third-order valence-electron chi connectivity index (χ3n) is 3.04. The largest absolute Gasteiger partial charge is 0.465 e. The summed E-state index contributed by atoms with van der Waals surface area (Å²) in [5.74, 6) is -0.868. The Hall–Kier alpha value is -2.63. The van der Waals surface area contributed by atoms with Crippen molar-refractivity contribution in [3.63, 3.8) is 0 Å². The minimum absolute atomic E-state index is 0.293. The van der Waals surface area contributed by atoms with Gasteiger partial charge < -0.3 is 14.8 Å². The summed E-state index contributed by atoms with van der Waals surface area (Å²) in [5, 5.41) is 3.72. The van der Waals surface area contributed by atoms with E-state index in [1.807, 2.05) is 0 Å². The van der Waals surface area contributed by atoms with E-state index in [9.17, 15) is 9.59 Å². The molecule has 0 atom stereocenters. The highest BCUT2D eigenvalue weighted by Gasteiger charge is 2.16. The number of ether oxygens (including phenoxy) is 2. The Morgan fingerprint density at radius 1 is 1.29 bits per heavy atom. The summed E-state index contributed by atoms with van der Waals surface area (Å²) in [6.07, 6.45) is 1.44. The average Bonchev–Trinajstić information content (AvgIpc) is 2.52. The lowest BCUT2D eigenvalue weighted by Crippen LogP contribution is -2.09. The highest BCUT2D eigenvalue weighted by molar-refractivity contribution is 6.06. The molecule has 0 saturated carbocycles. The highest BCUT2D eigenvalue weighted by atomic mass is 16.5. The van der Waals surface area contributed by atoms with Crippen molar-refractivity contribution in [3.05, 3.63) is 35.5 Å². The third kappa shape index (κ3) is 2.79. The number of rotatable bonds is 4. The monoisotopic (exact) mass is 288 g/mol. The van der Waals surface area contributed by atoms with Gasteiger partial charge in [-0.2, -0.15) is 0 Å². The zero-order valence-electron chi connectivity index (χ0n) is 12.1. The van der Waals surface area contributed by atoms with Gasteiger partial charge >= 0.3 is 11.9 Å². The Morgan fingerprint density at radius 2 is 2.05 bits per heavy atom. The predicted octanol–water partition coefficient (Wildman–Crippen LogP) is 2.24. The summed E-state index contributed by atoms with van der Waals surface area (Å²) >= 11 is 0. The Balaban J connectivity index is 2.58. The fourth-order valence-electron chi connectivity index (χ4n) is 2.07. The van der Waals surface area contributed by atoms with Crippen LogP contribution < -0.4 is 5.32 Å². The van der Waals surface area contributed by atoms with Crippen LogP contribution in [0.5, 0.6) is 0 Å².